The Morgan fingerprint density at radius 3 is 1.74 bits per heavy atom. The highest BCUT2D eigenvalue weighted by Gasteiger charge is 2.30. The van der Waals surface area contributed by atoms with Crippen molar-refractivity contribution in [1.82, 2.24) is 4.57 Å². The molecule has 0 radical (unpaired) electrons. The van der Waals surface area contributed by atoms with Gasteiger partial charge in [0.05, 0.1) is 0 Å². The zero-order chi connectivity index (χ0) is 26.6. The fraction of sp³-hybridized carbons (Fsp3) is 0.0938. The van der Waals surface area contributed by atoms with Crippen molar-refractivity contribution in [2.75, 3.05) is 4.90 Å². The average Bonchev–Trinajstić information content (AvgIpc) is 2.96. The highest BCUT2D eigenvalue weighted by molar-refractivity contribution is 6.08. The summed E-state index contributed by atoms with van der Waals surface area (Å²) < 4.78 is 7.08. The molecule has 6 heteroatoms. The summed E-state index contributed by atoms with van der Waals surface area (Å²) in [6, 6.07) is 34.9. The minimum absolute atomic E-state index is 0.0884. The maximum Gasteiger partial charge on any atom is 0.356 e. The van der Waals surface area contributed by atoms with Crippen LogP contribution in [0.5, 0.6) is 0 Å². The monoisotopic (exact) mass is 502 g/mol. The predicted molar refractivity (Wildman–Crippen MR) is 150 cm³/mol. The van der Waals surface area contributed by atoms with E-state index in [-0.39, 0.29) is 11.3 Å². The first kappa shape index (κ1) is 24.7. The third kappa shape index (κ3) is 4.60. The van der Waals surface area contributed by atoms with Crippen molar-refractivity contribution in [2.24, 2.45) is 7.05 Å². The Kier molecular flexibility index (Phi) is 6.87. The first-order chi connectivity index (χ1) is 18.5. The average molecular weight is 503 g/mol. The summed E-state index contributed by atoms with van der Waals surface area (Å²) in [5.74, 6) is -1.17. The van der Waals surface area contributed by atoms with Crippen molar-refractivity contribution >= 4 is 34.0 Å². The van der Waals surface area contributed by atoms with Gasteiger partial charge in [-0.3, -0.25) is 14.5 Å². The Morgan fingerprint density at radius 2 is 1.18 bits per heavy atom. The second kappa shape index (κ2) is 10.6. The Bertz CT molecular complexity index is 1620. The highest BCUT2D eigenvalue weighted by Crippen LogP contribution is 2.32. The molecule has 0 saturated heterocycles. The summed E-state index contributed by atoms with van der Waals surface area (Å²) in [6.45, 7) is 1.54. The third-order valence-electron chi connectivity index (χ3n) is 6.44. The quantitative estimate of drug-likeness (QED) is 0.263. The molecule has 0 fully saturated rings. The molecule has 6 nitrogen and oxygen atoms in total. The van der Waals surface area contributed by atoms with Crippen LogP contribution < -0.4 is 10.5 Å². The van der Waals surface area contributed by atoms with E-state index in [0.29, 0.717) is 27.7 Å². The fourth-order valence-electron chi connectivity index (χ4n) is 4.61. The van der Waals surface area contributed by atoms with Gasteiger partial charge in [-0.2, -0.15) is 0 Å². The number of carbonyl (C=O) groups excluding carboxylic acids is 2. The van der Waals surface area contributed by atoms with Crippen molar-refractivity contribution in [3.63, 3.8) is 0 Å². The van der Waals surface area contributed by atoms with Crippen molar-refractivity contribution in [1.29, 1.82) is 0 Å². The van der Waals surface area contributed by atoms with E-state index in [0.717, 1.165) is 5.56 Å². The standard InChI is InChI=1S/C32H26N2O4/c1-22(30(35)34(24-16-8-4-9-17-24)25-18-10-5-11-19-25)38-32(37)29-28(23-14-6-3-7-15-23)26-20-12-13-21-27(26)31(36)33(29)2/h3-22H,1-2H3. The van der Waals surface area contributed by atoms with Crippen molar-refractivity contribution in [3.05, 3.63) is 131 Å². The number of fused-ring (bicyclic) bond motifs is 1. The van der Waals surface area contributed by atoms with E-state index in [1.165, 1.54) is 9.47 Å². The molecule has 0 aliphatic heterocycles. The number of amides is 1. The van der Waals surface area contributed by atoms with E-state index in [4.69, 9.17) is 4.74 Å². The normalized spacial score (nSPS) is 11.6. The highest BCUT2D eigenvalue weighted by atomic mass is 16.5. The number of rotatable bonds is 6. The van der Waals surface area contributed by atoms with Crippen LogP contribution in [0.25, 0.3) is 21.9 Å². The van der Waals surface area contributed by atoms with Crippen LogP contribution in [0.1, 0.15) is 17.4 Å². The molecule has 1 amide bonds. The zero-order valence-corrected chi connectivity index (χ0v) is 21.1. The number of ether oxygens (including phenoxy) is 1. The molecule has 1 aromatic heterocycles. The van der Waals surface area contributed by atoms with E-state index in [2.05, 4.69) is 0 Å². The second-order valence-electron chi connectivity index (χ2n) is 8.89. The number of hydrogen-bond acceptors (Lipinski definition) is 4. The van der Waals surface area contributed by atoms with Crippen molar-refractivity contribution < 1.29 is 14.3 Å². The minimum atomic E-state index is -1.13. The number of benzene rings is 4. The molecule has 1 unspecified atom stereocenters. The topological polar surface area (TPSA) is 68.6 Å². The number of para-hydroxylation sites is 2. The van der Waals surface area contributed by atoms with Gasteiger partial charge < -0.3 is 9.30 Å². The molecule has 0 aliphatic carbocycles. The van der Waals surface area contributed by atoms with E-state index in [1.807, 2.05) is 103 Å². The lowest BCUT2D eigenvalue weighted by Gasteiger charge is -2.26. The molecule has 4 aromatic carbocycles. The molecule has 0 saturated carbocycles. The Morgan fingerprint density at radius 1 is 0.711 bits per heavy atom. The second-order valence-corrected chi connectivity index (χ2v) is 8.89. The molecule has 38 heavy (non-hydrogen) atoms. The predicted octanol–water partition coefficient (Wildman–Crippen LogP) is 6.12. The van der Waals surface area contributed by atoms with Crippen LogP contribution in [-0.2, 0) is 16.6 Å². The first-order valence-electron chi connectivity index (χ1n) is 12.3. The number of anilines is 2. The van der Waals surface area contributed by atoms with Crippen LogP contribution in [0.4, 0.5) is 11.4 Å². The Hall–Kier alpha value is -4.97. The zero-order valence-electron chi connectivity index (χ0n) is 21.1. The van der Waals surface area contributed by atoms with Crippen LogP contribution in [0, 0.1) is 0 Å². The number of nitrogens with zero attached hydrogens (tertiary/aromatic N) is 2. The summed E-state index contributed by atoms with van der Waals surface area (Å²) in [6.07, 6.45) is -1.13. The maximum atomic E-state index is 13.7. The van der Waals surface area contributed by atoms with Gasteiger partial charge in [0.15, 0.2) is 6.10 Å². The molecule has 1 atom stereocenters. The molecular weight excluding hydrogens is 476 g/mol. The SMILES string of the molecule is CC(OC(=O)c1c(-c2ccccc2)c2ccccc2c(=O)n1C)C(=O)N(c1ccccc1)c1ccccc1. The summed E-state index contributed by atoms with van der Waals surface area (Å²) in [5, 5.41) is 1.14. The van der Waals surface area contributed by atoms with Crippen molar-refractivity contribution in [3.8, 4) is 11.1 Å². The minimum Gasteiger partial charge on any atom is -0.448 e. The van der Waals surface area contributed by atoms with Gasteiger partial charge in [-0.05, 0) is 48.2 Å². The van der Waals surface area contributed by atoms with Gasteiger partial charge >= 0.3 is 5.97 Å². The van der Waals surface area contributed by atoms with Gasteiger partial charge in [-0.15, -0.1) is 0 Å². The molecule has 0 N–H and O–H groups in total. The van der Waals surface area contributed by atoms with Gasteiger partial charge in [-0.25, -0.2) is 4.79 Å². The summed E-state index contributed by atoms with van der Waals surface area (Å²) in [4.78, 5) is 42.2. The Labute approximate surface area is 220 Å². The smallest absolute Gasteiger partial charge is 0.356 e. The largest absolute Gasteiger partial charge is 0.448 e. The van der Waals surface area contributed by atoms with Crippen LogP contribution in [-0.4, -0.2) is 22.5 Å². The summed E-state index contributed by atoms with van der Waals surface area (Å²) >= 11 is 0. The number of aromatic nitrogens is 1. The molecule has 0 spiro atoms. The van der Waals surface area contributed by atoms with E-state index in [1.54, 1.807) is 26.1 Å². The number of pyridine rings is 1. The van der Waals surface area contributed by atoms with Crippen molar-refractivity contribution in [2.45, 2.75) is 13.0 Å². The first-order valence-corrected chi connectivity index (χ1v) is 12.3. The Balaban J connectivity index is 1.56. The number of esters is 1. The van der Waals surface area contributed by atoms with Crippen LogP contribution in [0.2, 0.25) is 0 Å². The van der Waals surface area contributed by atoms with Crippen LogP contribution >= 0.6 is 0 Å². The van der Waals surface area contributed by atoms with E-state index in [9.17, 15) is 14.4 Å². The lowest BCUT2D eigenvalue weighted by molar-refractivity contribution is -0.125. The van der Waals surface area contributed by atoms with E-state index >= 15 is 0 Å². The van der Waals surface area contributed by atoms with Gasteiger partial charge in [0.25, 0.3) is 11.5 Å². The molecule has 5 rings (SSSR count). The molecule has 188 valence electrons. The molecule has 0 aliphatic rings. The molecule has 1 heterocycles. The fourth-order valence-corrected chi connectivity index (χ4v) is 4.61. The lowest BCUT2D eigenvalue weighted by atomic mass is 9.97. The lowest BCUT2D eigenvalue weighted by Crippen LogP contribution is -2.38. The molecular formula is C32H26N2O4. The molecule has 5 aromatic rings. The van der Waals surface area contributed by atoms with Crippen LogP contribution in [0.3, 0.4) is 0 Å². The van der Waals surface area contributed by atoms with Gasteiger partial charge in [0.1, 0.15) is 5.69 Å². The third-order valence-corrected chi connectivity index (χ3v) is 6.44. The van der Waals surface area contributed by atoms with E-state index < -0.39 is 18.0 Å². The van der Waals surface area contributed by atoms with Gasteiger partial charge in [0.2, 0.25) is 0 Å². The maximum absolute atomic E-state index is 13.7. The van der Waals surface area contributed by atoms with Gasteiger partial charge in [-0.1, -0.05) is 84.9 Å². The number of hydrogen-bond donors (Lipinski definition) is 0. The summed E-state index contributed by atoms with van der Waals surface area (Å²) in [7, 11) is 1.55. The summed E-state index contributed by atoms with van der Waals surface area (Å²) in [5.41, 5.74) is 2.41. The van der Waals surface area contributed by atoms with Gasteiger partial charge in [0, 0.05) is 29.4 Å². The number of carbonyl (C=O) groups is 2. The molecule has 0 bridgehead atoms. The van der Waals surface area contributed by atoms with Crippen LogP contribution in [0.15, 0.2) is 120 Å².